The zero-order valence-electron chi connectivity index (χ0n) is 12.4. The summed E-state index contributed by atoms with van der Waals surface area (Å²) >= 11 is 0. The predicted octanol–water partition coefficient (Wildman–Crippen LogP) is 2.18. The van der Waals surface area contributed by atoms with Gasteiger partial charge in [0, 0.05) is 6.54 Å². The highest BCUT2D eigenvalue weighted by Crippen LogP contribution is 2.14. The molecule has 0 aromatic rings. The predicted molar refractivity (Wildman–Crippen MR) is 80.0 cm³/mol. The molecule has 0 heterocycles. The molecule has 0 radical (unpaired) electrons. The molecule has 0 bridgehead atoms. The number of rotatable bonds is 7. The smallest absolute Gasteiger partial charge is 0.407 e. The number of aliphatic carboxylic acids is 1. The van der Waals surface area contributed by atoms with E-state index in [1.165, 1.54) is 12.8 Å². The van der Waals surface area contributed by atoms with Crippen LogP contribution >= 0.6 is 0 Å². The van der Waals surface area contributed by atoms with Crippen LogP contribution in [0.4, 0.5) is 4.79 Å². The van der Waals surface area contributed by atoms with Crippen molar-refractivity contribution in [3.05, 3.63) is 12.2 Å². The van der Waals surface area contributed by atoms with Gasteiger partial charge in [0.25, 0.3) is 0 Å². The van der Waals surface area contributed by atoms with Gasteiger partial charge in [0.05, 0.1) is 0 Å². The van der Waals surface area contributed by atoms with E-state index in [9.17, 15) is 9.59 Å². The molecule has 0 fully saturated rings. The quantitative estimate of drug-likeness (QED) is 0.494. The molecule has 1 amide bonds. The molecule has 0 saturated heterocycles. The fourth-order valence-electron chi connectivity index (χ4n) is 2.21. The van der Waals surface area contributed by atoms with Gasteiger partial charge in [0.1, 0.15) is 12.1 Å². The van der Waals surface area contributed by atoms with E-state index in [1.807, 2.05) is 6.08 Å². The number of unbranched alkanes of at least 4 members (excludes halogenated alkanes) is 1. The first-order valence-corrected chi connectivity index (χ1v) is 7.69. The Morgan fingerprint density at radius 3 is 2.90 bits per heavy atom. The van der Waals surface area contributed by atoms with Crippen LogP contribution in [0.15, 0.2) is 12.2 Å². The molecule has 0 saturated carbocycles. The van der Waals surface area contributed by atoms with E-state index >= 15 is 0 Å². The molecule has 120 valence electrons. The van der Waals surface area contributed by atoms with E-state index in [0.717, 1.165) is 19.3 Å². The Morgan fingerprint density at radius 1 is 1.33 bits per heavy atom. The van der Waals surface area contributed by atoms with E-state index in [-0.39, 0.29) is 6.10 Å². The number of allylic oxidation sites excluding steroid dienone is 1. The Labute approximate surface area is 125 Å². The molecule has 21 heavy (non-hydrogen) atoms. The van der Waals surface area contributed by atoms with Crippen LogP contribution in [-0.4, -0.2) is 35.9 Å². The van der Waals surface area contributed by atoms with Crippen molar-refractivity contribution < 1.29 is 19.4 Å². The fraction of sp³-hybridized carbons (Fsp3) is 0.733. The normalized spacial score (nSPS) is 21.7. The number of carbonyl (C=O) groups excluding carboxylic acids is 1. The lowest BCUT2D eigenvalue weighted by atomic mass is 10.0. The Morgan fingerprint density at radius 2 is 2.14 bits per heavy atom. The number of hydrogen-bond donors (Lipinski definition) is 3. The monoisotopic (exact) mass is 298 g/mol. The minimum absolute atomic E-state index is 0.134. The van der Waals surface area contributed by atoms with Crippen molar-refractivity contribution >= 4 is 12.1 Å². The summed E-state index contributed by atoms with van der Waals surface area (Å²) in [5.74, 6) is -0.988. The highest BCUT2D eigenvalue weighted by atomic mass is 16.6. The van der Waals surface area contributed by atoms with Gasteiger partial charge in [-0.2, -0.15) is 0 Å². The van der Waals surface area contributed by atoms with Gasteiger partial charge in [-0.1, -0.05) is 12.5 Å². The number of carbonyl (C=O) groups is 2. The van der Waals surface area contributed by atoms with Gasteiger partial charge < -0.3 is 20.9 Å². The largest absolute Gasteiger partial charge is 0.480 e. The third-order valence-electron chi connectivity index (χ3n) is 3.50. The zero-order chi connectivity index (χ0) is 15.5. The minimum atomic E-state index is -0.988. The number of carboxylic acids is 1. The van der Waals surface area contributed by atoms with Gasteiger partial charge in [0.2, 0.25) is 0 Å². The van der Waals surface area contributed by atoms with Gasteiger partial charge >= 0.3 is 12.1 Å². The number of hydrogen-bond acceptors (Lipinski definition) is 4. The van der Waals surface area contributed by atoms with Crippen LogP contribution in [0.5, 0.6) is 0 Å². The first-order valence-electron chi connectivity index (χ1n) is 7.69. The van der Waals surface area contributed by atoms with Crippen molar-refractivity contribution in [1.29, 1.82) is 0 Å². The molecule has 2 atom stereocenters. The maximum atomic E-state index is 11.6. The Balaban J connectivity index is 2.10. The summed E-state index contributed by atoms with van der Waals surface area (Å²) in [6.07, 6.45) is 10.6. The summed E-state index contributed by atoms with van der Waals surface area (Å²) in [6.45, 7) is 0.474. The molecule has 6 heteroatoms. The van der Waals surface area contributed by atoms with Crippen molar-refractivity contribution in [1.82, 2.24) is 5.32 Å². The molecule has 1 aliphatic rings. The molecular weight excluding hydrogens is 272 g/mol. The third kappa shape index (κ3) is 8.34. The standard InChI is InChI=1S/C15H26N2O4/c16-13(14(18)19)10-6-7-11-17-15(20)21-12-8-4-2-1-3-5-9-12/h4,8,12-13H,1-3,5-7,9-11,16H2,(H,17,20)(H,18,19)/b8-4+/t12-,13?/m1/s1. The van der Waals surface area contributed by atoms with Gasteiger partial charge in [-0.25, -0.2) is 4.79 Å². The molecule has 6 nitrogen and oxygen atoms in total. The van der Waals surface area contributed by atoms with Gasteiger partial charge in [-0.3, -0.25) is 4.79 Å². The van der Waals surface area contributed by atoms with Crippen molar-refractivity contribution in [2.45, 2.75) is 63.5 Å². The Kier molecular flexibility index (Phi) is 8.50. The number of nitrogens with one attached hydrogen (secondary N) is 1. The topological polar surface area (TPSA) is 102 Å². The second-order valence-electron chi connectivity index (χ2n) is 5.38. The summed E-state index contributed by atoms with van der Waals surface area (Å²) in [5, 5.41) is 11.3. The summed E-state index contributed by atoms with van der Waals surface area (Å²) < 4.78 is 5.34. The van der Waals surface area contributed by atoms with Crippen LogP contribution < -0.4 is 11.1 Å². The zero-order valence-corrected chi connectivity index (χ0v) is 12.4. The first-order chi connectivity index (χ1) is 10.1. The van der Waals surface area contributed by atoms with Gasteiger partial charge in [-0.15, -0.1) is 0 Å². The number of amides is 1. The van der Waals surface area contributed by atoms with E-state index in [2.05, 4.69) is 11.4 Å². The lowest BCUT2D eigenvalue weighted by Gasteiger charge is -2.16. The van der Waals surface area contributed by atoms with Crippen molar-refractivity contribution in [3.8, 4) is 0 Å². The average molecular weight is 298 g/mol. The molecular formula is C15H26N2O4. The maximum Gasteiger partial charge on any atom is 0.407 e. The van der Waals surface area contributed by atoms with Crippen LogP contribution in [0.2, 0.25) is 0 Å². The molecule has 0 aromatic carbocycles. The van der Waals surface area contributed by atoms with Crippen molar-refractivity contribution in [3.63, 3.8) is 0 Å². The van der Waals surface area contributed by atoms with E-state index in [1.54, 1.807) is 0 Å². The van der Waals surface area contributed by atoms with Crippen LogP contribution in [0.1, 0.15) is 51.4 Å². The highest BCUT2D eigenvalue weighted by Gasteiger charge is 2.13. The second-order valence-corrected chi connectivity index (χ2v) is 5.38. The average Bonchev–Trinajstić information content (AvgIpc) is 2.41. The summed E-state index contributed by atoms with van der Waals surface area (Å²) in [6, 6.07) is -0.822. The molecule has 1 rings (SSSR count). The Hall–Kier alpha value is -1.56. The summed E-state index contributed by atoms with van der Waals surface area (Å²) in [4.78, 5) is 22.2. The minimum Gasteiger partial charge on any atom is -0.480 e. The molecule has 4 N–H and O–H groups in total. The van der Waals surface area contributed by atoms with Gasteiger partial charge in [-0.05, 0) is 51.0 Å². The molecule has 1 unspecified atom stereocenters. The van der Waals surface area contributed by atoms with E-state index < -0.39 is 18.1 Å². The van der Waals surface area contributed by atoms with Crippen LogP contribution in [0.3, 0.4) is 0 Å². The number of ether oxygens (including phenoxy) is 1. The number of carboxylic acid groups (broad SMARTS) is 1. The summed E-state index contributed by atoms with van der Waals surface area (Å²) in [7, 11) is 0. The third-order valence-corrected chi connectivity index (χ3v) is 3.50. The van der Waals surface area contributed by atoms with Crippen LogP contribution in [0, 0.1) is 0 Å². The Bertz CT molecular complexity index is 358. The molecule has 0 spiro atoms. The first kappa shape index (κ1) is 17.5. The van der Waals surface area contributed by atoms with Gasteiger partial charge in [0.15, 0.2) is 0 Å². The fourth-order valence-corrected chi connectivity index (χ4v) is 2.21. The SMILES string of the molecule is NC(CCCCNC(=O)O[C@@H]1/C=C/CCCCC1)C(=O)O. The maximum absolute atomic E-state index is 11.6. The lowest BCUT2D eigenvalue weighted by Crippen LogP contribution is -2.31. The molecule has 0 aromatic heterocycles. The van der Waals surface area contributed by atoms with Crippen molar-refractivity contribution in [2.75, 3.05) is 6.54 Å². The highest BCUT2D eigenvalue weighted by molar-refractivity contribution is 5.72. The molecule has 1 aliphatic carbocycles. The lowest BCUT2D eigenvalue weighted by molar-refractivity contribution is -0.138. The molecule has 0 aliphatic heterocycles. The summed E-state index contributed by atoms with van der Waals surface area (Å²) in [5.41, 5.74) is 5.39. The van der Waals surface area contributed by atoms with E-state index in [0.29, 0.717) is 25.8 Å². The second kappa shape index (κ2) is 10.2. The van der Waals surface area contributed by atoms with Crippen LogP contribution in [0.25, 0.3) is 0 Å². The van der Waals surface area contributed by atoms with E-state index in [4.69, 9.17) is 15.6 Å². The van der Waals surface area contributed by atoms with Crippen LogP contribution in [-0.2, 0) is 9.53 Å². The number of alkyl carbamates (subject to hydrolysis) is 1. The van der Waals surface area contributed by atoms with Crippen molar-refractivity contribution in [2.24, 2.45) is 5.73 Å². The number of nitrogens with two attached hydrogens (primary N) is 1.